The summed E-state index contributed by atoms with van der Waals surface area (Å²) in [4.78, 5) is 16.6. The molecule has 2 aromatic rings. The van der Waals surface area contributed by atoms with E-state index in [-0.39, 0.29) is 38.7 Å². The Morgan fingerprint density at radius 1 is 0.963 bits per heavy atom. The topological polar surface area (TPSA) is 102 Å². The lowest BCUT2D eigenvalue weighted by molar-refractivity contribution is -0.111. The molecule has 0 aliphatic heterocycles. The zero-order valence-corrected chi connectivity index (χ0v) is 15.5. The third-order valence-electron chi connectivity index (χ3n) is 3.88. The van der Waals surface area contributed by atoms with Gasteiger partial charge >= 0.3 is 0 Å². The monoisotopic (exact) mass is 404 g/mol. The lowest BCUT2D eigenvalue weighted by atomic mass is 9.98. The first-order chi connectivity index (χ1) is 12.8. The number of carbonyl (C=O) groups excluding carboxylic acids is 1. The number of aliphatic hydroxyl groups excluding tert-OH is 1. The molecule has 1 aliphatic carbocycles. The maximum atomic E-state index is 12.3. The van der Waals surface area contributed by atoms with E-state index in [0.717, 1.165) is 6.08 Å². The molecule has 27 heavy (non-hydrogen) atoms. The van der Waals surface area contributed by atoms with Crippen molar-refractivity contribution in [3.63, 3.8) is 0 Å². The van der Waals surface area contributed by atoms with E-state index in [1.54, 1.807) is 13.0 Å². The molecular formula is C19H14Cl2N2O4. The summed E-state index contributed by atoms with van der Waals surface area (Å²) in [5, 5.41) is 32.4. The summed E-state index contributed by atoms with van der Waals surface area (Å²) in [7, 11) is 0. The maximum Gasteiger partial charge on any atom is 0.206 e. The molecule has 138 valence electrons. The van der Waals surface area contributed by atoms with Gasteiger partial charge in [0, 0.05) is 17.3 Å². The summed E-state index contributed by atoms with van der Waals surface area (Å²) in [6.07, 6.45) is 1.05. The molecule has 2 aromatic carbocycles. The summed E-state index contributed by atoms with van der Waals surface area (Å²) in [5.74, 6) is -0.877. The Hall–Kier alpha value is -2.96. The summed E-state index contributed by atoms with van der Waals surface area (Å²) >= 11 is 11.8. The van der Waals surface area contributed by atoms with Crippen LogP contribution < -0.4 is 5.32 Å². The predicted octanol–water partition coefficient (Wildman–Crippen LogP) is 4.89. The van der Waals surface area contributed by atoms with E-state index in [4.69, 9.17) is 23.2 Å². The van der Waals surface area contributed by atoms with Crippen LogP contribution in [-0.4, -0.2) is 26.8 Å². The van der Waals surface area contributed by atoms with Crippen molar-refractivity contribution in [2.75, 3.05) is 5.32 Å². The lowest BCUT2D eigenvalue weighted by Crippen LogP contribution is -2.22. The highest BCUT2D eigenvalue weighted by atomic mass is 35.5. The van der Waals surface area contributed by atoms with E-state index >= 15 is 0 Å². The second kappa shape index (κ2) is 7.34. The molecule has 0 saturated carbocycles. The van der Waals surface area contributed by atoms with Gasteiger partial charge in [0.05, 0.1) is 21.4 Å². The van der Waals surface area contributed by atoms with Crippen LogP contribution in [0.2, 0.25) is 10.0 Å². The Balaban J connectivity index is 2.02. The van der Waals surface area contributed by atoms with E-state index in [1.807, 2.05) is 0 Å². The second-order valence-corrected chi connectivity index (χ2v) is 6.60. The minimum atomic E-state index is -0.433. The highest BCUT2D eigenvalue weighted by molar-refractivity contribution is 6.32. The molecule has 8 heteroatoms. The number of rotatable bonds is 3. The fourth-order valence-corrected chi connectivity index (χ4v) is 2.84. The number of aliphatic hydroxyl groups is 1. The first-order valence-electron chi connectivity index (χ1n) is 7.75. The number of nitrogens with one attached hydrogen (secondary N) is 1. The molecule has 1 aliphatic rings. The number of aromatic hydroxyl groups is 2. The smallest absolute Gasteiger partial charge is 0.206 e. The Bertz CT molecular complexity index is 1040. The van der Waals surface area contributed by atoms with Gasteiger partial charge in [-0.15, -0.1) is 0 Å². The van der Waals surface area contributed by atoms with Crippen LogP contribution in [0.4, 0.5) is 11.4 Å². The third-order valence-corrected chi connectivity index (χ3v) is 4.48. The van der Waals surface area contributed by atoms with Crippen LogP contribution in [-0.2, 0) is 4.79 Å². The van der Waals surface area contributed by atoms with Crippen LogP contribution >= 0.6 is 23.2 Å². The first-order valence-corrected chi connectivity index (χ1v) is 8.51. The summed E-state index contributed by atoms with van der Waals surface area (Å²) < 4.78 is 0. The molecule has 0 bridgehead atoms. The Kier molecular flexibility index (Phi) is 5.12. The number of carbonyl (C=O) groups is 1. The highest BCUT2D eigenvalue weighted by Gasteiger charge is 2.24. The van der Waals surface area contributed by atoms with E-state index in [2.05, 4.69) is 10.3 Å². The van der Waals surface area contributed by atoms with Gasteiger partial charge in [0.1, 0.15) is 23.0 Å². The minimum Gasteiger partial charge on any atom is -0.506 e. The van der Waals surface area contributed by atoms with Gasteiger partial charge in [0.2, 0.25) is 5.78 Å². The molecule has 0 unspecified atom stereocenters. The van der Waals surface area contributed by atoms with Crippen molar-refractivity contribution < 1.29 is 20.1 Å². The number of hydrogen-bond donors (Lipinski definition) is 4. The molecule has 6 nitrogen and oxygen atoms in total. The number of benzene rings is 2. The van der Waals surface area contributed by atoms with Crippen LogP contribution in [0.1, 0.15) is 6.92 Å². The van der Waals surface area contributed by atoms with Crippen LogP contribution in [0.5, 0.6) is 11.5 Å². The van der Waals surface area contributed by atoms with Gasteiger partial charge in [-0.3, -0.25) is 4.79 Å². The Labute approximate surface area is 164 Å². The minimum absolute atomic E-state index is 0.0770. The number of phenolic OH excluding ortho intramolecular Hbond substituents is 2. The van der Waals surface area contributed by atoms with Crippen LogP contribution in [0.15, 0.2) is 64.5 Å². The molecule has 0 atom stereocenters. The molecule has 4 N–H and O–H groups in total. The van der Waals surface area contributed by atoms with E-state index < -0.39 is 5.78 Å². The van der Waals surface area contributed by atoms with Gasteiger partial charge in [0.15, 0.2) is 0 Å². The number of ketones is 1. The molecule has 0 radical (unpaired) electrons. The molecule has 0 saturated heterocycles. The normalized spacial score (nSPS) is 15.9. The molecule has 0 spiro atoms. The number of hydrogen-bond acceptors (Lipinski definition) is 6. The summed E-state index contributed by atoms with van der Waals surface area (Å²) in [6.45, 7) is 1.63. The molecule has 3 rings (SSSR count). The zero-order chi connectivity index (χ0) is 19.7. The van der Waals surface area contributed by atoms with Crippen LogP contribution in [0.3, 0.4) is 0 Å². The third kappa shape index (κ3) is 3.92. The second-order valence-electron chi connectivity index (χ2n) is 5.78. The first kappa shape index (κ1) is 18.8. The van der Waals surface area contributed by atoms with Crippen molar-refractivity contribution in [1.82, 2.24) is 0 Å². The molecule has 0 aromatic heterocycles. The fraction of sp³-hybridized carbons (Fsp3) is 0.0526. The van der Waals surface area contributed by atoms with E-state index in [1.165, 1.54) is 30.3 Å². The summed E-state index contributed by atoms with van der Waals surface area (Å²) in [5.41, 5.74) is 1.69. The Morgan fingerprint density at radius 2 is 1.59 bits per heavy atom. The number of halogens is 2. The highest BCUT2D eigenvalue weighted by Crippen LogP contribution is 2.31. The van der Waals surface area contributed by atoms with E-state index in [9.17, 15) is 20.1 Å². The average molecular weight is 405 g/mol. The van der Waals surface area contributed by atoms with Gasteiger partial charge in [-0.1, -0.05) is 23.2 Å². The summed E-state index contributed by atoms with van der Waals surface area (Å²) in [6, 6.07) is 8.77. The molecular weight excluding hydrogens is 391 g/mol. The average Bonchev–Trinajstić information content (AvgIpc) is 2.61. The molecule has 0 fully saturated rings. The maximum absolute atomic E-state index is 12.3. The molecule has 0 amide bonds. The lowest BCUT2D eigenvalue weighted by Gasteiger charge is -2.18. The van der Waals surface area contributed by atoms with Gasteiger partial charge in [0.25, 0.3) is 0 Å². The SMILES string of the molecule is CC1=C(Nc2ccc(O)c(Cl)c2)C(=O)C=C(O)/C1=N\c1ccc(O)c(Cl)c1. The van der Waals surface area contributed by atoms with Crippen molar-refractivity contribution in [2.24, 2.45) is 4.99 Å². The van der Waals surface area contributed by atoms with Crippen molar-refractivity contribution in [1.29, 1.82) is 0 Å². The van der Waals surface area contributed by atoms with Gasteiger partial charge in [-0.05, 0) is 43.3 Å². The molecule has 0 heterocycles. The van der Waals surface area contributed by atoms with Crippen molar-refractivity contribution in [3.8, 4) is 11.5 Å². The van der Waals surface area contributed by atoms with Gasteiger partial charge in [-0.2, -0.15) is 0 Å². The standard InChI is InChI=1S/C19H14Cl2N2O4/c1-9-18(22-10-2-4-14(24)12(20)6-10)16(26)8-17(27)19(9)23-11-3-5-15(25)13(21)7-11/h2-8,22,24-25,27H,1H3/b23-19-. The van der Waals surface area contributed by atoms with Gasteiger partial charge in [-0.25, -0.2) is 4.99 Å². The van der Waals surface area contributed by atoms with Crippen molar-refractivity contribution in [2.45, 2.75) is 6.92 Å². The Morgan fingerprint density at radius 3 is 2.22 bits per heavy atom. The van der Waals surface area contributed by atoms with Gasteiger partial charge < -0.3 is 20.6 Å². The number of allylic oxidation sites excluding steroid dienone is 2. The number of aliphatic imine (C=N–C) groups is 1. The van der Waals surface area contributed by atoms with Crippen molar-refractivity contribution in [3.05, 3.63) is 69.5 Å². The number of nitrogens with zero attached hydrogens (tertiary/aromatic N) is 1. The van der Waals surface area contributed by atoms with E-state index in [0.29, 0.717) is 16.9 Å². The zero-order valence-electron chi connectivity index (χ0n) is 14.0. The predicted molar refractivity (Wildman–Crippen MR) is 105 cm³/mol. The van der Waals surface area contributed by atoms with Crippen LogP contribution in [0.25, 0.3) is 0 Å². The number of phenols is 2. The van der Waals surface area contributed by atoms with Crippen LogP contribution in [0, 0.1) is 0 Å². The largest absolute Gasteiger partial charge is 0.506 e. The fourth-order valence-electron chi connectivity index (χ4n) is 2.48. The number of anilines is 1. The quantitative estimate of drug-likeness (QED) is 0.430. The van der Waals surface area contributed by atoms with Crippen molar-refractivity contribution >= 4 is 46.1 Å².